The maximum atomic E-state index is 12.1. The van der Waals surface area contributed by atoms with Gasteiger partial charge in [0.05, 0.1) is 12.2 Å². The predicted molar refractivity (Wildman–Crippen MR) is 116 cm³/mol. The summed E-state index contributed by atoms with van der Waals surface area (Å²) in [6.07, 6.45) is 5.40. The van der Waals surface area contributed by atoms with Gasteiger partial charge < -0.3 is 9.47 Å². The Morgan fingerprint density at radius 2 is 1.52 bits per heavy atom. The molecule has 4 heteroatoms. The molecule has 29 heavy (non-hydrogen) atoms. The number of carbonyl (C=O) groups excluding carboxylic acids is 2. The van der Waals surface area contributed by atoms with Gasteiger partial charge in [-0.15, -0.1) is 0 Å². The van der Waals surface area contributed by atoms with Crippen LogP contribution in [-0.4, -0.2) is 18.5 Å². The van der Waals surface area contributed by atoms with Crippen LogP contribution in [0.2, 0.25) is 0 Å². The Balaban J connectivity index is 1.89. The molecule has 4 nitrogen and oxygen atoms in total. The summed E-state index contributed by atoms with van der Waals surface area (Å²) in [5, 5.41) is 0. The molecule has 156 valence electrons. The molecule has 0 radical (unpaired) electrons. The molecule has 0 bridgehead atoms. The van der Waals surface area contributed by atoms with E-state index in [1.54, 1.807) is 24.3 Å². The van der Waals surface area contributed by atoms with Crippen LogP contribution in [0.25, 0.3) is 11.1 Å². The van der Waals surface area contributed by atoms with Gasteiger partial charge in [-0.25, -0.2) is 4.79 Å². The van der Waals surface area contributed by atoms with Crippen molar-refractivity contribution in [1.82, 2.24) is 0 Å². The van der Waals surface area contributed by atoms with Gasteiger partial charge in [-0.05, 0) is 54.2 Å². The second-order valence-corrected chi connectivity index (χ2v) is 7.47. The maximum Gasteiger partial charge on any atom is 0.338 e. The molecule has 0 aromatic heterocycles. The normalized spacial score (nSPS) is 11.7. The number of hydrogen-bond donors (Lipinski definition) is 0. The van der Waals surface area contributed by atoms with Gasteiger partial charge in [-0.1, -0.05) is 64.3 Å². The summed E-state index contributed by atoms with van der Waals surface area (Å²) in [5.41, 5.74) is 2.53. The molecule has 0 saturated carbocycles. The Hall–Kier alpha value is -2.62. The monoisotopic (exact) mass is 396 g/mol. The van der Waals surface area contributed by atoms with Crippen molar-refractivity contribution in [2.45, 2.75) is 59.3 Å². The molecule has 0 N–H and O–H groups in total. The van der Waals surface area contributed by atoms with Crippen molar-refractivity contribution in [3.8, 4) is 16.9 Å². The Kier molecular flexibility index (Phi) is 9.42. The van der Waals surface area contributed by atoms with Gasteiger partial charge in [0.2, 0.25) is 0 Å². The molecule has 0 heterocycles. The van der Waals surface area contributed by atoms with E-state index >= 15 is 0 Å². The summed E-state index contributed by atoms with van der Waals surface area (Å²) in [6.45, 7) is 6.85. The van der Waals surface area contributed by atoms with Crippen LogP contribution >= 0.6 is 0 Å². The lowest BCUT2D eigenvalue weighted by molar-refractivity contribution is -0.134. The van der Waals surface area contributed by atoms with Crippen molar-refractivity contribution >= 4 is 11.9 Å². The van der Waals surface area contributed by atoms with E-state index in [2.05, 4.69) is 20.8 Å². The van der Waals surface area contributed by atoms with Crippen molar-refractivity contribution in [3.63, 3.8) is 0 Å². The summed E-state index contributed by atoms with van der Waals surface area (Å²) in [4.78, 5) is 23.9. The first kappa shape index (κ1) is 22.7. The van der Waals surface area contributed by atoms with Gasteiger partial charge in [0.15, 0.2) is 0 Å². The minimum Gasteiger partial charge on any atom is -0.462 e. The molecule has 1 atom stereocenters. The third kappa shape index (κ3) is 7.72. The van der Waals surface area contributed by atoms with E-state index in [1.807, 2.05) is 24.3 Å². The third-order valence-corrected chi connectivity index (χ3v) is 5.07. The summed E-state index contributed by atoms with van der Waals surface area (Å²) in [6, 6.07) is 14.8. The highest BCUT2D eigenvalue weighted by Gasteiger charge is 2.09. The quantitative estimate of drug-likeness (QED) is 0.249. The molecule has 1 unspecified atom stereocenters. The summed E-state index contributed by atoms with van der Waals surface area (Å²) in [7, 11) is 0. The SMILES string of the molecule is CCCCCC(=O)Oc1ccc(-c2ccc(C(=O)OCCC(C)CC)cc2)cc1. The standard InChI is InChI=1S/C25H32O4/c1-4-6-7-8-24(26)29-23-15-13-21(14-16-23)20-9-11-22(12-10-20)25(27)28-18-17-19(3)5-2/h9-16,19H,4-8,17-18H2,1-3H3. The summed E-state index contributed by atoms with van der Waals surface area (Å²) in [5.74, 6) is 0.632. The molecule has 2 rings (SSSR count). The molecule has 0 aliphatic heterocycles. The number of ether oxygens (including phenoxy) is 2. The van der Waals surface area contributed by atoms with Gasteiger partial charge in [-0.2, -0.15) is 0 Å². The topological polar surface area (TPSA) is 52.6 Å². The first-order valence-corrected chi connectivity index (χ1v) is 10.6. The molecule has 0 saturated heterocycles. The predicted octanol–water partition coefficient (Wildman–Crippen LogP) is 6.43. The Morgan fingerprint density at radius 3 is 2.10 bits per heavy atom. The smallest absolute Gasteiger partial charge is 0.338 e. The van der Waals surface area contributed by atoms with Crippen LogP contribution in [0.3, 0.4) is 0 Å². The summed E-state index contributed by atoms with van der Waals surface area (Å²) < 4.78 is 10.7. The number of unbranched alkanes of at least 4 members (excludes halogenated alkanes) is 2. The fourth-order valence-corrected chi connectivity index (χ4v) is 2.86. The van der Waals surface area contributed by atoms with Crippen molar-refractivity contribution in [2.24, 2.45) is 5.92 Å². The van der Waals surface area contributed by atoms with Crippen molar-refractivity contribution in [2.75, 3.05) is 6.61 Å². The summed E-state index contributed by atoms with van der Waals surface area (Å²) >= 11 is 0. The molecule has 0 fully saturated rings. The van der Waals surface area contributed by atoms with Gasteiger partial charge in [0.1, 0.15) is 5.75 Å². The zero-order valence-corrected chi connectivity index (χ0v) is 17.8. The lowest BCUT2D eigenvalue weighted by atomic mass is 10.0. The minimum absolute atomic E-state index is 0.192. The van der Waals surface area contributed by atoms with Crippen LogP contribution in [0.15, 0.2) is 48.5 Å². The number of benzene rings is 2. The zero-order chi connectivity index (χ0) is 21.1. The Labute approximate surface area is 174 Å². The molecular weight excluding hydrogens is 364 g/mol. The van der Waals surface area contributed by atoms with Crippen LogP contribution in [0, 0.1) is 5.92 Å². The number of rotatable bonds is 11. The van der Waals surface area contributed by atoms with Gasteiger partial charge in [0, 0.05) is 6.42 Å². The maximum absolute atomic E-state index is 12.1. The first-order valence-electron chi connectivity index (χ1n) is 10.6. The molecule has 0 amide bonds. The minimum atomic E-state index is -0.287. The fourth-order valence-electron chi connectivity index (χ4n) is 2.86. The lowest BCUT2D eigenvalue weighted by Gasteiger charge is -2.09. The van der Waals surface area contributed by atoms with Crippen LogP contribution in [0.1, 0.15) is 69.7 Å². The van der Waals surface area contributed by atoms with Crippen LogP contribution in [-0.2, 0) is 9.53 Å². The van der Waals surface area contributed by atoms with Crippen LogP contribution in [0.4, 0.5) is 0 Å². The fraction of sp³-hybridized carbons (Fsp3) is 0.440. The molecule has 2 aromatic rings. The van der Waals surface area contributed by atoms with E-state index in [9.17, 15) is 9.59 Å². The lowest BCUT2D eigenvalue weighted by Crippen LogP contribution is -2.08. The van der Waals surface area contributed by atoms with E-state index in [1.165, 1.54) is 0 Å². The van der Waals surface area contributed by atoms with Crippen molar-refractivity contribution in [1.29, 1.82) is 0 Å². The number of esters is 2. The Bertz CT molecular complexity index is 762. The van der Waals surface area contributed by atoms with E-state index in [0.717, 1.165) is 43.2 Å². The average Bonchev–Trinajstić information content (AvgIpc) is 2.74. The highest BCUT2D eigenvalue weighted by atomic mass is 16.5. The van der Waals surface area contributed by atoms with Gasteiger partial charge in [0.25, 0.3) is 0 Å². The van der Waals surface area contributed by atoms with E-state index in [-0.39, 0.29) is 11.9 Å². The molecule has 0 spiro atoms. The van der Waals surface area contributed by atoms with E-state index in [4.69, 9.17) is 9.47 Å². The number of hydrogen-bond acceptors (Lipinski definition) is 4. The molecule has 2 aromatic carbocycles. The second kappa shape index (κ2) is 12.1. The highest BCUT2D eigenvalue weighted by Crippen LogP contribution is 2.23. The first-order chi connectivity index (χ1) is 14.0. The highest BCUT2D eigenvalue weighted by molar-refractivity contribution is 5.90. The van der Waals surface area contributed by atoms with Crippen LogP contribution in [0.5, 0.6) is 5.75 Å². The Morgan fingerprint density at radius 1 is 0.897 bits per heavy atom. The molecule has 0 aliphatic rings. The second-order valence-electron chi connectivity index (χ2n) is 7.47. The van der Waals surface area contributed by atoms with Gasteiger partial charge in [-0.3, -0.25) is 4.79 Å². The largest absolute Gasteiger partial charge is 0.462 e. The van der Waals surface area contributed by atoms with Crippen molar-refractivity contribution < 1.29 is 19.1 Å². The van der Waals surface area contributed by atoms with Crippen LogP contribution < -0.4 is 4.74 Å². The van der Waals surface area contributed by atoms with E-state index in [0.29, 0.717) is 30.3 Å². The zero-order valence-electron chi connectivity index (χ0n) is 17.8. The van der Waals surface area contributed by atoms with Crippen molar-refractivity contribution in [3.05, 3.63) is 54.1 Å². The molecule has 0 aliphatic carbocycles. The molecular formula is C25H32O4. The third-order valence-electron chi connectivity index (χ3n) is 5.07. The van der Waals surface area contributed by atoms with E-state index < -0.39 is 0 Å². The average molecular weight is 397 g/mol. The van der Waals surface area contributed by atoms with Gasteiger partial charge >= 0.3 is 11.9 Å². The number of carbonyl (C=O) groups is 2.